The molecule has 1 heterocycles. The van der Waals surface area contributed by atoms with E-state index in [9.17, 15) is 0 Å². The molecular weight excluding hydrogens is 138 g/mol. The topological polar surface area (TPSA) is 43.8 Å². The molecule has 0 spiro atoms. The Kier molecular flexibility index (Phi) is 1.37. The number of hydrogen-bond donors (Lipinski definition) is 1. The molecule has 1 aromatic rings. The van der Waals surface area contributed by atoms with E-state index in [4.69, 9.17) is 17.3 Å². The average molecular weight is 146 g/mol. The standard InChI is InChI=1S/C5H8ClN3/c1-3-4(6)5(7)8-9(3)2/h1-2H3,(H2,7,8). The van der Waals surface area contributed by atoms with Crippen LogP contribution in [-0.4, -0.2) is 9.78 Å². The third kappa shape index (κ3) is 0.876. The second kappa shape index (κ2) is 1.92. The molecule has 0 bridgehead atoms. The minimum atomic E-state index is 0.400. The molecule has 0 radical (unpaired) electrons. The number of aromatic nitrogens is 2. The lowest BCUT2D eigenvalue weighted by molar-refractivity contribution is 0.744. The Bertz CT molecular complexity index is 206. The fourth-order valence-electron chi connectivity index (χ4n) is 0.608. The van der Waals surface area contributed by atoms with Crippen molar-refractivity contribution in [1.29, 1.82) is 0 Å². The Morgan fingerprint density at radius 3 is 2.33 bits per heavy atom. The van der Waals surface area contributed by atoms with Crippen LogP contribution in [-0.2, 0) is 7.05 Å². The molecule has 4 heteroatoms. The quantitative estimate of drug-likeness (QED) is 0.591. The minimum absolute atomic E-state index is 0.400. The van der Waals surface area contributed by atoms with E-state index >= 15 is 0 Å². The van der Waals surface area contributed by atoms with Crippen molar-refractivity contribution in [3.8, 4) is 0 Å². The van der Waals surface area contributed by atoms with Crippen LogP contribution in [0.5, 0.6) is 0 Å². The molecule has 50 valence electrons. The maximum atomic E-state index is 5.69. The van der Waals surface area contributed by atoms with Gasteiger partial charge >= 0.3 is 0 Å². The summed E-state index contributed by atoms with van der Waals surface area (Å²) in [7, 11) is 1.80. The van der Waals surface area contributed by atoms with E-state index in [1.165, 1.54) is 0 Å². The van der Waals surface area contributed by atoms with E-state index in [-0.39, 0.29) is 0 Å². The van der Waals surface area contributed by atoms with Gasteiger partial charge in [0, 0.05) is 7.05 Å². The summed E-state index contributed by atoms with van der Waals surface area (Å²) in [5.74, 6) is 0.400. The molecule has 0 aliphatic rings. The van der Waals surface area contributed by atoms with Crippen LogP contribution in [0.4, 0.5) is 5.82 Å². The first-order valence-electron chi connectivity index (χ1n) is 2.57. The summed E-state index contributed by atoms with van der Waals surface area (Å²) in [4.78, 5) is 0. The number of anilines is 1. The lowest BCUT2D eigenvalue weighted by Crippen LogP contribution is -1.93. The first-order chi connectivity index (χ1) is 4.13. The highest BCUT2D eigenvalue weighted by molar-refractivity contribution is 6.33. The van der Waals surface area contributed by atoms with Crippen LogP contribution >= 0.6 is 11.6 Å². The van der Waals surface area contributed by atoms with Crippen molar-refractivity contribution in [2.24, 2.45) is 7.05 Å². The van der Waals surface area contributed by atoms with Gasteiger partial charge in [0.05, 0.1) is 5.69 Å². The lowest BCUT2D eigenvalue weighted by Gasteiger charge is -1.88. The third-order valence-electron chi connectivity index (χ3n) is 1.29. The molecule has 0 atom stereocenters. The first kappa shape index (κ1) is 6.42. The van der Waals surface area contributed by atoms with Crippen LogP contribution in [0.3, 0.4) is 0 Å². The number of nitrogens with two attached hydrogens (primary N) is 1. The smallest absolute Gasteiger partial charge is 0.164 e. The highest BCUT2D eigenvalue weighted by Crippen LogP contribution is 2.19. The Morgan fingerprint density at radius 1 is 1.67 bits per heavy atom. The van der Waals surface area contributed by atoms with E-state index in [0.717, 1.165) is 5.69 Å². The van der Waals surface area contributed by atoms with E-state index in [0.29, 0.717) is 10.8 Å². The van der Waals surface area contributed by atoms with Crippen LogP contribution < -0.4 is 5.73 Å². The lowest BCUT2D eigenvalue weighted by atomic mass is 10.5. The SMILES string of the molecule is Cc1c(Cl)c(N)nn1C. The molecule has 2 N–H and O–H groups in total. The van der Waals surface area contributed by atoms with Gasteiger partial charge in [-0.2, -0.15) is 5.10 Å². The van der Waals surface area contributed by atoms with Crippen molar-refractivity contribution in [3.05, 3.63) is 10.7 Å². The van der Waals surface area contributed by atoms with Crippen LogP contribution in [0.2, 0.25) is 5.02 Å². The summed E-state index contributed by atoms with van der Waals surface area (Å²) in [6, 6.07) is 0. The third-order valence-corrected chi connectivity index (χ3v) is 1.75. The number of aryl methyl sites for hydroxylation is 1. The zero-order valence-corrected chi connectivity index (χ0v) is 6.11. The van der Waals surface area contributed by atoms with Crippen LogP contribution in [0.1, 0.15) is 5.69 Å². The highest BCUT2D eigenvalue weighted by Gasteiger charge is 2.04. The zero-order chi connectivity index (χ0) is 7.02. The summed E-state index contributed by atoms with van der Waals surface area (Å²) in [6.07, 6.45) is 0. The predicted molar refractivity (Wildman–Crippen MR) is 37.4 cm³/mol. The van der Waals surface area contributed by atoms with Gasteiger partial charge < -0.3 is 5.73 Å². The molecule has 0 saturated heterocycles. The fraction of sp³-hybridized carbons (Fsp3) is 0.400. The van der Waals surface area contributed by atoms with Crippen molar-refractivity contribution in [3.63, 3.8) is 0 Å². The summed E-state index contributed by atoms with van der Waals surface area (Å²) in [5, 5.41) is 4.43. The fourth-order valence-corrected chi connectivity index (χ4v) is 0.768. The van der Waals surface area contributed by atoms with Crippen LogP contribution in [0.15, 0.2) is 0 Å². The van der Waals surface area contributed by atoms with Crippen molar-refractivity contribution < 1.29 is 0 Å². The highest BCUT2D eigenvalue weighted by atomic mass is 35.5. The summed E-state index contributed by atoms with van der Waals surface area (Å²) in [5.41, 5.74) is 6.27. The molecule has 1 aromatic heterocycles. The zero-order valence-electron chi connectivity index (χ0n) is 5.35. The molecule has 0 saturated carbocycles. The van der Waals surface area contributed by atoms with Gasteiger partial charge in [0.15, 0.2) is 5.82 Å². The number of nitrogen functional groups attached to an aromatic ring is 1. The molecule has 0 amide bonds. The molecular formula is C5H8ClN3. The van der Waals surface area contributed by atoms with Crippen molar-refractivity contribution in [1.82, 2.24) is 9.78 Å². The normalized spacial score (nSPS) is 10.1. The summed E-state index contributed by atoms with van der Waals surface area (Å²) >= 11 is 5.69. The number of nitrogens with zero attached hydrogens (tertiary/aromatic N) is 2. The molecule has 0 unspecified atom stereocenters. The van der Waals surface area contributed by atoms with Crippen molar-refractivity contribution >= 4 is 17.4 Å². The van der Waals surface area contributed by atoms with E-state index in [2.05, 4.69) is 5.10 Å². The van der Waals surface area contributed by atoms with Crippen molar-refractivity contribution in [2.75, 3.05) is 5.73 Å². The van der Waals surface area contributed by atoms with Gasteiger partial charge in [-0.05, 0) is 6.92 Å². The van der Waals surface area contributed by atoms with Gasteiger partial charge in [-0.3, -0.25) is 4.68 Å². The first-order valence-corrected chi connectivity index (χ1v) is 2.95. The Hall–Kier alpha value is -0.700. The van der Waals surface area contributed by atoms with Crippen LogP contribution in [0.25, 0.3) is 0 Å². The number of hydrogen-bond acceptors (Lipinski definition) is 2. The number of halogens is 1. The Morgan fingerprint density at radius 2 is 2.22 bits per heavy atom. The van der Waals surface area contributed by atoms with Gasteiger partial charge in [-0.25, -0.2) is 0 Å². The molecule has 0 aliphatic carbocycles. The Balaban J connectivity index is 3.29. The second-order valence-electron chi connectivity index (χ2n) is 1.91. The molecule has 1 rings (SSSR count). The van der Waals surface area contributed by atoms with Gasteiger partial charge in [0.2, 0.25) is 0 Å². The Labute approximate surface area is 58.4 Å². The molecule has 9 heavy (non-hydrogen) atoms. The minimum Gasteiger partial charge on any atom is -0.381 e. The van der Waals surface area contributed by atoms with E-state index in [1.807, 2.05) is 6.92 Å². The van der Waals surface area contributed by atoms with Gasteiger partial charge in [0.25, 0.3) is 0 Å². The number of rotatable bonds is 0. The largest absolute Gasteiger partial charge is 0.381 e. The average Bonchev–Trinajstić information content (AvgIpc) is 1.98. The summed E-state index contributed by atoms with van der Waals surface area (Å²) < 4.78 is 1.65. The maximum Gasteiger partial charge on any atom is 0.164 e. The van der Waals surface area contributed by atoms with E-state index < -0.39 is 0 Å². The molecule has 0 aromatic carbocycles. The monoisotopic (exact) mass is 145 g/mol. The predicted octanol–water partition coefficient (Wildman–Crippen LogP) is 0.964. The second-order valence-corrected chi connectivity index (χ2v) is 2.29. The van der Waals surface area contributed by atoms with Crippen LogP contribution in [0, 0.1) is 6.92 Å². The van der Waals surface area contributed by atoms with Crippen molar-refractivity contribution in [2.45, 2.75) is 6.92 Å². The van der Waals surface area contributed by atoms with Gasteiger partial charge in [-0.15, -0.1) is 0 Å². The van der Waals surface area contributed by atoms with Gasteiger partial charge in [-0.1, -0.05) is 11.6 Å². The van der Waals surface area contributed by atoms with E-state index in [1.54, 1.807) is 11.7 Å². The molecule has 0 aliphatic heterocycles. The summed E-state index contributed by atoms with van der Waals surface area (Å²) in [6.45, 7) is 1.87. The molecule has 0 fully saturated rings. The maximum absolute atomic E-state index is 5.69. The van der Waals surface area contributed by atoms with Gasteiger partial charge in [0.1, 0.15) is 5.02 Å². The molecule has 3 nitrogen and oxygen atoms in total.